The first kappa shape index (κ1) is 16.0. The summed E-state index contributed by atoms with van der Waals surface area (Å²) in [5.74, 6) is -0.464. The summed E-state index contributed by atoms with van der Waals surface area (Å²) >= 11 is 1.27. The number of hydrogen-bond donors (Lipinski definition) is 1. The predicted molar refractivity (Wildman–Crippen MR) is 86.4 cm³/mol. The maximum Gasteiger partial charge on any atom is 0.412 e. The number of anilines is 1. The summed E-state index contributed by atoms with van der Waals surface area (Å²) in [7, 11) is 0. The molecular formula is C16H17NO4S. The summed E-state index contributed by atoms with van der Waals surface area (Å²) in [5.41, 5.74) is 1.97. The molecule has 0 saturated heterocycles. The van der Waals surface area contributed by atoms with Gasteiger partial charge in [0.15, 0.2) is 0 Å². The average Bonchev–Trinajstić information content (AvgIpc) is 2.92. The lowest BCUT2D eigenvalue weighted by Gasteiger charge is -2.08. The molecule has 1 N–H and O–H groups in total. The molecule has 1 heterocycles. The SMILES string of the molecule is CCOC(=O)Nc1scc(-c2ccccc2)c1C(=O)OCC. The Morgan fingerprint density at radius 2 is 1.77 bits per heavy atom. The molecule has 0 aliphatic carbocycles. The minimum Gasteiger partial charge on any atom is -0.462 e. The number of thiophene rings is 1. The van der Waals surface area contributed by atoms with Crippen LogP contribution < -0.4 is 5.32 Å². The van der Waals surface area contributed by atoms with E-state index in [2.05, 4.69) is 5.32 Å². The second kappa shape index (κ2) is 7.61. The maximum absolute atomic E-state index is 12.3. The molecule has 0 bridgehead atoms. The van der Waals surface area contributed by atoms with E-state index < -0.39 is 12.1 Å². The first-order valence-corrected chi connectivity index (χ1v) is 7.83. The molecule has 0 spiro atoms. The molecule has 2 rings (SSSR count). The van der Waals surface area contributed by atoms with Gasteiger partial charge in [0.25, 0.3) is 0 Å². The zero-order chi connectivity index (χ0) is 15.9. The fourth-order valence-electron chi connectivity index (χ4n) is 1.95. The van der Waals surface area contributed by atoms with Crippen LogP contribution in [-0.4, -0.2) is 25.3 Å². The third kappa shape index (κ3) is 3.65. The molecule has 0 atom stereocenters. The fourth-order valence-corrected chi connectivity index (χ4v) is 2.89. The molecule has 0 aliphatic heterocycles. The highest BCUT2D eigenvalue weighted by Crippen LogP contribution is 2.36. The molecule has 116 valence electrons. The fraction of sp³-hybridized carbons (Fsp3) is 0.250. The van der Waals surface area contributed by atoms with Crippen molar-refractivity contribution in [2.24, 2.45) is 0 Å². The molecule has 0 aliphatic rings. The second-order valence-corrected chi connectivity index (χ2v) is 5.17. The summed E-state index contributed by atoms with van der Waals surface area (Å²) in [6.45, 7) is 3.99. The minimum atomic E-state index is -0.588. The normalized spacial score (nSPS) is 10.1. The number of rotatable bonds is 5. The quantitative estimate of drug-likeness (QED) is 0.840. The van der Waals surface area contributed by atoms with Gasteiger partial charge in [0, 0.05) is 10.9 Å². The van der Waals surface area contributed by atoms with Gasteiger partial charge in [0.1, 0.15) is 10.6 Å². The topological polar surface area (TPSA) is 64.6 Å². The molecule has 5 nitrogen and oxygen atoms in total. The summed E-state index contributed by atoms with van der Waals surface area (Å²) in [4.78, 5) is 23.9. The van der Waals surface area contributed by atoms with Crippen LogP contribution in [0.3, 0.4) is 0 Å². The van der Waals surface area contributed by atoms with Crippen molar-refractivity contribution in [1.29, 1.82) is 0 Å². The van der Waals surface area contributed by atoms with E-state index in [-0.39, 0.29) is 13.2 Å². The Hall–Kier alpha value is -2.34. The van der Waals surface area contributed by atoms with Crippen LogP contribution in [-0.2, 0) is 9.47 Å². The molecule has 0 radical (unpaired) electrons. The van der Waals surface area contributed by atoms with E-state index in [0.29, 0.717) is 10.6 Å². The lowest BCUT2D eigenvalue weighted by Crippen LogP contribution is -2.15. The second-order valence-electron chi connectivity index (χ2n) is 4.29. The van der Waals surface area contributed by atoms with Crippen LogP contribution in [0.15, 0.2) is 35.7 Å². The molecule has 0 fully saturated rings. The molecule has 2 aromatic rings. The Morgan fingerprint density at radius 3 is 2.41 bits per heavy atom. The standard InChI is InChI=1S/C16H17NO4S/c1-3-20-15(18)13-12(11-8-6-5-7-9-11)10-22-14(13)17-16(19)21-4-2/h5-10H,3-4H2,1-2H3,(H,17,19). The van der Waals surface area contributed by atoms with Crippen molar-refractivity contribution in [2.75, 3.05) is 18.5 Å². The number of amides is 1. The molecular weight excluding hydrogens is 302 g/mol. The Bertz CT molecular complexity index is 651. The van der Waals surface area contributed by atoms with Crippen molar-refractivity contribution in [3.05, 3.63) is 41.3 Å². The Kier molecular flexibility index (Phi) is 5.55. The van der Waals surface area contributed by atoms with Crippen LogP contribution in [0.25, 0.3) is 11.1 Å². The monoisotopic (exact) mass is 319 g/mol. The lowest BCUT2D eigenvalue weighted by atomic mass is 10.0. The number of nitrogens with one attached hydrogen (secondary N) is 1. The highest BCUT2D eigenvalue weighted by Gasteiger charge is 2.22. The molecule has 0 unspecified atom stereocenters. The number of carbonyl (C=O) groups excluding carboxylic acids is 2. The van der Waals surface area contributed by atoms with Gasteiger partial charge in [0.05, 0.1) is 13.2 Å². The van der Waals surface area contributed by atoms with Gasteiger partial charge in [-0.2, -0.15) is 0 Å². The number of esters is 1. The highest BCUT2D eigenvalue weighted by molar-refractivity contribution is 7.15. The van der Waals surface area contributed by atoms with Crippen molar-refractivity contribution in [2.45, 2.75) is 13.8 Å². The van der Waals surface area contributed by atoms with Crippen molar-refractivity contribution in [3.8, 4) is 11.1 Å². The van der Waals surface area contributed by atoms with Crippen LogP contribution >= 0.6 is 11.3 Å². The molecule has 22 heavy (non-hydrogen) atoms. The van der Waals surface area contributed by atoms with Crippen LogP contribution in [0.2, 0.25) is 0 Å². The van der Waals surface area contributed by atoms with Gasteiger partial charge in [0.2, 0.25) is 0 Å². The first-order chi connectivity index (χ1) is 10.7. The van der Waals surface area contributed by atoms with Gasteiger partial charge in [-0.3, -0.25) is 5.32 Å². The number of hydrogen-bond acceptors (Lipinski definition) is 5. The van der Waals surface area contributed by atoms with Gasteiger partial charge < -0.3 is 9.47 Å². The summed E-state index contributed by atoms with van der Waals surface area (Å²) in [6, 6.07) is 9.48. The molecule has 1 aromatic heterocycles. The number of ether oxygens (including phenoxy) is 2. The number of benzene rings is 1. The van der Waals surface area contributed by atoms with Crippen LogP contribution in [0, 0.1) is 0 Å². The van der Waals surface area contributed by atoms with Crippen LogP contribution in [0.4, 0.5) is 9.80 Å². The van der Waals surface area contributed by atoms with Gasteiger partial charge in [-0.15, -0.1) is 11.3 Å². The summed E-state index contributed by atoms with van der Waals surface area (Å²) < 4.78 is 9.97. The van der Waals surface area contributed by atoms with E-state index in [1.165, 1.54) is 11.3 Å². The molecule has 0 saturated carbocycles. The largest absolute Gasteiger partial charge is 0.462 e. The van der Waals surface area contributed by atoms with E-state index in [0.717, 1.165) is 11.1 Å². The predicted octanol–water partition coefficient (Wildman–Crippen LogP) is 4.16. The van der Waals surface area contributed by atoms with E-state index in [1.807, 2.05) is 35.7 Å². The molecule has 1 aromatic carbocycles. The average molecular weight is 319 g/mol. The van der Waals surface area contributed by atoms with Crippen molar-refractivity contribution >= 4 is 28.4 Å². The van der Waals surface area contributed by atoms with E-state index >= 15 is 0 Å². The highest BCUT2D eigenvalue weighted by atomic mass is 32.1. The molecule has 1 amide bonds. The van der Waals surface area contributed by atoms with Crippen molar-refractivity contribution in [1.82, 2.24) is 0 Å². The van der Waals surface area contributed by atoms with E-state index in [9.17, 15) is 9.59 Å². The van der Waals surface area contributed by atoms with Gasteiger partial charge in [-0.05, 0) is 19.4 Å². The summed E-state index contributed by atoms with van der Waals surface area (Å²) in [5, 5.41) is 4.85. The van der Waals surface area contributed by atoms with E-state index in [4.69, 9.17) is 9.47 Å². The van der Waals surface area contributed by atoms with Crippen molar-refractivity contribution in [3.63, 3.8) is 0 Å². The van der Waals surface area contributed by atoms with Gasteiger partial charge in [-0.1, -0.05) is 30.3 Å². The minimum absolute atomic E-state index is 0.261. The smallest absolute Gasteiger partial charge is 0.412 e. The maximum atomic E-state index is 12.3. The van der Waals surface area contributed by atoms with Crippen molar-refractivity contribution < 1.29 is 19.1 Å². The Balaban J connectivity index is 2.40. The Morgan fingerprint density at radius 1 is 1.09 bits per heavy atom. The first-order valence-electron chi connectivity index (χ1n) is 6.95. The zero-order valence-electron chi connectivity index (χ0n) is 12.4. The van der Waals surface area contributed by atoms with Gasteiger partial charge in [-0.25, -0.2) is 9.59 Å². The number of carbonyl (C=O) groups is 2. The summed E-state index contributed by atoms with van der Waals surface area (Å²) in [6.07, 6.45) is -0.588. The molecule has 6 heteroatoms. The Labute approximate surface area is 132 Å². The lowest BCUT2D eigenvalue weighted by molar-refractivity contribution is 0.0529. The van der Waals surface area contributed by atoms with Crippen LogP contribution in [0.5, 0.6) is 0 Å². The third-order valence-electron chi connectivity index (χ3n) is 2.85. The van der Waals surface area contributed by atoms with Gasteiger partial charge >= 0.3 is 12.1 Å². The van der Waals surface area contributed by atoms with Crippen LogP contribution in [0.1, 0.15) is 24.2 Å². The zero-order valence-corrected chi connectivity index (χ0v) is 13.2. The third-order valence-corrected chi connectivity index (χ3v) is 3.74. The van der Waals surface area contributed by atoms with E-state index in [1.54, 1.807) is 13.8 Å².